The third-order valence-corrected chi connectivity index (χ3v) is 5.00. The lowest BCUT2D eigenvalue weighted by molar-refractivity contribution is -0.258. The van der Waals surface area contributed by atoms with Gasteiger partial charge in [0, 0.05) is 11.8 Å². The Morgan fingerprint density at radius 3 is 1.93 bits per heavy atom. The molecule has 0 aromatic heterocycles. The number of hydrogen-bond donors (Lipinski definition) is 0. The predicted molar refractivity (Wildman–Crippen MR) is 46.6 cm³/mol. The van der Waals surface area contributed by atoms with Crippen LogP contribution in [0.15, 0.2) is 0 Å². The number of Topliss-reactive ketones (excluding diaryl/α,β-unsaturated/α-hetero) is 1. The van der Waals surface area contributed by atoms with E-state index in [-0.39, 0.29) is 36.6 Å². The van der Waals surface area contributed by atoms with Gasteiger partial charge in [0.2, 0.25) is 0 Å². The van der Waals surface area contributed by atoms with Crippen molar-refractivity contribution in [3.05, 3.63) is 0 Å². The first kappa shape index (κ1) is 7.76. The van der Waals surface area contributed by atoms with Gasteiger partial charge in [-0.3, -0.25) is 4.79 Å². The smallest absolute Gasteiger partial charge is 0.171 e. The van der Waals surface area contributed by atoms with Crippen molar-refractivity contribution < 1.29 is 19.0 Å². The molecule has 0 amide bonds. The lowest BCUT2D eigenvalue weighted by Crippen LogP contribution is -2.42. The van der Waals surface area contributed by atoms with Crippen molar-refractivity contribution in [3.63, 3.8) is 0 Å². The molecule has 5 fully saturated rings. The maximum Gasteiger partial charge on any atom is 0.171 e. The maximum atomic E-state index is 12.2. The molecular weight excluding hydrogens is 196 g/mol. The highest BCUT2D eigenvalue weighted by molar-refractivity contribution is 5.89. The first-order valence-electron chi connectivity index (χ1n) is 5.85. The van der Waals surface area contributed by atoms with E-state index < -0.39 is 0 Å². The van der Waals surface area contributed by atoms with Crippen LogP contribution in [0.25, 0.3) is 0 Å². The Hall–Kier alpha value is -0.450. The lowest BCUT2D eigenvalue weighted by atomic mass is 9.75. The van der Waals surface area contributed by atoms with Gasteiger partial charge in [-0.15, -0.1) is 0 Å². The summed E-state index contributed by atoms with van der Waals surface area (Å²) in [5.74, 6) is 1.23. The topological polar surface area (TPSA) is 44.8 Å². The van der Waals surface area contributed by atoms with Gasteiger partial charge < -0.3 is 14.2 Å². The van der Waals surface area contributed by atoms with Gasteiger partial charge in [-0.1, -0.05) is 0 Å². The number of hydrogen-bond acceptors (Lipinski definition) is 4. The second-order valence-electron chi connectivity index (χ2n) is 5.41. The van der Waals surface area contributed by atoms with Gasteiger partial charge >= 0.3 is 0 Å². The Labute approximate surface area is 86.9 Å². The summed E-state index contributed by atoms with van der Waals surface area (Å²) in [6.45, 7) is 0. The Kier molecular flexibility index (Phi) is 1.11. The molecule has 3 heterocycles. The second kappa shape index (κ2) is 2.14. The zero-order chi connectivity index (χ0) is 9.73. The summed E-state index contributed by atoms with van der Waals surface area (Å²) in [7, 11) is 0. The Bertz CT molecular complexity index is 336. The average Bonchev–Trinajstić information content (AvgIpc) is 2.79. The van der Waals surface area contributed by atoms with E-state index in [0.717, 1.165) is 12.8 Å². The fraction of sp³-hybridized carbons (Fsp3) is 0.909. The first-order valence-corrected chi connectivity index (χ1v) is 5.85. The first-order chi connectivity index (χ1) is 7.34. The van der Waals surface area contributed by atoms with Crippen molar-refractivity contribution in [2.75, 3.05) is 0 Å². The van der Waals surface area contributed by atoms with Crippen LogP contribution in [-0.4, -0.2) is 30.6 Å². The normalized spacial score (nSPS) is 68.1. The van der Waals surface area contributed by atoms with E-state index in [0.29, 0.717) is 17.6 Å². The summed E-state index contributed by atoms with van der Waals surface area (Å²) in [5.41, 5.74) is 0. The molecule has 0 N–H and O–H groups in total. The third kappa shape index (κ3) is 0.655. The van der Waals surface area contributed by atoms with E-state index in [1.807, 2.05) is 0 Å². The minimum atomic E-state index is -0.294. The zero-order valence-electron chi connectivity index (χ0n) is 8.17. The number of ether oxygens (including phenoxy) is 3. The molecule has 0 aromatic carbocycles. The summed E-state index contributed by atoms with van der Waals surface area (Å²) in [4.78, 5) is 12.2. The molecule has 4 heteroatoms. The van der Waals surface area contributed by atoms with Crippen LogP contribution in [0.5, 0.6) is 0 Å². The average molecular weight is 208 g/mol. The maximum absolute atomic E-state index is 12.2. The van der Waals surface area contributed by atoms with Crippen LogP contribution >= 0.6 is 0 Å². The number of carbonyl (C=O) groups is 1. The molecule has 2 bridgehead atoms. The second-order valence-corrected chi connectivity index (χ2v) is 5.41. The van der Waals surface area contributed by atoms with E-state index >= 15 is 0 Å². The Morgan fingerprint density at radius 1 is 0.867 bits per heavy atom. The molecular formula is C11H12O4. The molecule has 3 saturated heterocycles. The van der Waals surface area contributed by atoms with E-state index in [1.165, 1.54) is 0 Å². The van der Waals surface area contributed by atoms with Crippen molar-refractivity contribution in [2.24, 2.45) is 23.7 Å². The summed E-state index contributed by atoms with van der Waals surface area (Å²) in [5, 5.41) is 0. The molecule has 0 radical (unpaired) electrons. The van der Waals surface area contributed by atoms with Crippen LogP contribution < -0.4 is 0 Å². The minimum Gasteiger partial charge on any atom is -0.348 e. The van der Waals surface area contributed by atoms with Gasteiger partial charge in [0.25, 0.3) is 0 Å². The number of carbonyl (C=O) groups excluding carboxylic acids is 1. The molecule has 0 aromatic rings. The van der Waals surface area contributed by atoms with Crippen LogP contribution in [0, 0.1) is 23.7 Å². The van der Waals surface area contributed by atoms with Crippen molar-refractivity contribution >= 4 is 5.78 Å². The SMILES string of the molecule is O=C1[C@@H]2[C@@H]3O[C@H]4O[C@H]5CC[C@@H](O3)[C@@H]2[C@H]5[C@@H]14. The van der Waals surface area contributed by atoms with Gasteiger partial charge in [0.15, 0.2) is 12.6 Å². The molecule has 3 aliphatic heterocycles. The highest BCUT2D eigenvalue weighted by atomic mass is 16.8. The fourth-order valence-corrected chi connectivity index (χ4v) is 4.58. The van der Waals surface area contributed by atoms with Crippen molar-refractivity contribution in [2.45, 2.75) is 37.6 Å². The van der Waals surface area contributed by atoms with Crippen LogP contribution in [0.3, 0.4) is 0 Å². The third-order valence-electron chi connectivity index (χ3n) is 5.00. The van der Waals surface area contributed by atoms with Crippen LogP contribution in [-0.2, 0) is 19.0 Å². The highest BCUT2D eigenvalue weighted by Crippen LogP contribution is 2.62. The number of ketones is 1. The molecule has 15 heavy (non-hydrogen) atoms. The van der Waals surface area contributed by atoms with E-state index in [4.69, 9.17) is 14.2 Å². The monoisotopic (exact) mass is 208 g/mol. The Balaban J connectivity index is 1.77. The summed E-state index contributed by atoms with van der Waals surface area (Å²) in [6.07, 6.45) is 2.01. The van der Waals surface area contributed by atoms with Crippen molar-refractivity contribution in [3.8, 4) is 0 Å². The largest absolute Gasteiger partial charge is 0.348 e. The van der Waals surface area contributed by atoms with E-state index in [1.54, 1.807) is 0 Å². The quantitative estimate of drug-likeness (QED) is 0.574. The zero-order valence-corrected chi connectivity index (χ0v) is 8.17. The van der Waals surface area contributed by atoms with Crippen molar-refractivity contribution in [1.82, 2.24) is 0 Å². The van der Waals surface area contributed by atoms with Crippen molar-refractivity contribution in [1.29, 1.82) is 0 Å². The molecule has 0 unspecified atom stereocenters. The summed E-state index contributed by atoms with van der Waals surface area (Å²) < 4.78 is 17.4. The molecule has 2 saturated carbocycles. The molecule has 5 aliphatic rings. The molecule has 2 aliphatic carbocycles. The molecule has 5 rings (SSSR count). The van der Waals surface area contributed by atoms with Gasteiger partial charge in [-0.25, -0.2) is 0 Å². The van der Waals surface area contributed by atoms with Crippen LogP contribution in [0.1, 0.15) is 12.8 Å². The van der Waals surface area contributed by atoms with Gasteiger partial charge in [0.05, 0.1) is 24.0 Å². The lowest BCUT2D eigenvalue weighted by Gasteiger charge is -2.32. The predicted octanol–water partition coefficient (Wildman–Crippen LogP) is 0.308. The van der Waals surface area contributed by atoms with Crippen LogP contribution in [0.4, 0.5) is 0 Å². The minimum absolute atomic E-state index is 0.0351. The summed E-state index contributed by atoms with van der Waals surface area (Å²) >= 11 is 0. The van der Waals surface area contributed by atoms with Crippen LogP contribution in [0.2, 0.25) is 0 Å². The Morgan fingerprint density at radius 2 is 1.40 bits per heavy atom. The van der Waals surface area contributed by atoms with Gasteiger partial charge in [0.1, 0.15) is 5.78 Å². The van der Waals surface area contributed by atoms with E-state index in [9.17, 15) is 4.79 Å². The highest BCUT2D eigenvalue weighted by Gasteiger charge is 2.72. The number of rotatable bonds is 0. The molecule has 80 valence electrons. The fourth-order valence-electron chi connectivity index (χ4n) is 4.58. The molecule has 0 spiro atoms. The summed E-state index contributed by atoms with van der Waals surface area (Å²) in [6, 6.07) is 0. The van der Waals surface area contributed by atoms with Gasteiger partial charge in [-0.05, 0) is 12.8 Å². The molecule has 4 nitrogen and oxygen atoms in total. The standard InChI is InChI=1S/C11H12O4/c12-9-7-5-3-1-2-4-6(5)8(9)11(14-4)15-10(7)13-3/h3-8,10-11H,1-2H2/t3-,4+,5-,6+,7-,8+,10+,11-. The molecule has 8 atom stereocenters. The van der Waals surface area contributed by atoms with E-state index in [2.05, 4.69) is 0 Å². The van der Waals surface area contributed by atoms with Gasteiger partial charge in [-0.2, -0.15) is 0 Å².